The molecule has 1 fully saturated rings. The van der Waals surface area contributed by atoms with Gasteiger partial charge in [-0.3, -0.25) is 0 Å². The lowest BCUT2D eigenvalue weighted by Gasteiger charge is -2.36. The maximum atomic E-state index is 12.7. The Balaban J connectivity index is 2.40. The minimum absolute atomic E-state index is 0.0656. The molecular formula is C13H18BrNO2S. The SMILES string of the molecule is CC1CCCN(S(=O)(=O)c2ccccc2Br)C1C. The molecule has 0 bridgehead atoms. The highest BCUT2D eigenvalue weighted by Gasteiger charge is 2.35. The third-order valence-electron chi connectivity index (χ3n) is 3.74. The van der Waals surface area contributed by atoms with Crippen LogP contribution in [0.25, 0.3) is 0 Å². The number of hydrogen-bond acceptors (Lipinski definition) is 2. The zero-order valence-corrected chi connectivity index (χ0v) is 13.0. The molecule has 0 N–H and O–H groups in total. The average molecular weight is 332 g/mol. The van der Waals surface area contributed by atoms with Gasteiger partial charge in [-0.2, -0.15) is 4.31 Å². The first-order chi connectivity index (χ1) is 8.44. The standard InChI is InChI=1S/C13H18BrNO2S/c1-10-6-5-9-15(11(10)2)18(16,17)13-8-4-3-7-12(13)14/h3-4,7-8,10-11H,5-6,9H2,1-2H3. The maximum absolute atomic E-state index is 12.7. The van der Waals surface area contributed by atoms with Gasteiger partial charge in [0, 0.05) is 17.1 Å². The van der Waals surface area contributed by atoms with E-state index in [2.05, 4.69) is 22.9 Å². The van der Waals surface area contributed by atoms with Crippen LogP contribution < -0.4 is 0 Å². The Morgan fingerprint density at radius 3 is 2.61 bits per heavy atom. The van der Waals surface area contributed by atoms with E-state index in [4.69, 9.17) is 0 Å². The van der Waals surface area contributed by atoms with E-state index in [1.807, 2.05) is 13.0 Å². The lowest BCUT2D eigenvalue weighted by molar-refractivity contribution is 0.202. The minimum Gasteiger partial charge on any atom is -0.207 e. The zero-order chi connectivity index (χ0) is 13.3. The average Bonchev–Trinajstić information content (AvgIpc) is 2.32. The Hall–Kier alpha value is -0.390. The molecule has 5 heteroatoms. The summed E-state index contributed by atoms with van der Waals surface area (Å²) in [6, 6.07) is 7.08. The predicted octanol–water partition coefficient (Wildman–Crippen LogP) is 3.26. The maximum Gasteiger partial charge on any atom is 0.244 e. The fourth-order valence-electron chi connectivity index (χ4n) is 2.42. The van der Waals surface area contributed by atoms with Gasteiger partial charge < -0.3 is 0 Å². The molecule has 0 aromatic heterocycles. The fraction of sp³-hybridized carbons (Fsp3) is 0.538. The molecule has 0 aliphatic carbocycles. The molecule has 1 aromatic carbocycles. The summed E-state index contributed by atoms with van der Waals surface area (Å²) in [6.07, 6.45) is 2.04. The van der Waals surface area contributed by atoms with E-state index >= 15 is 0 Å². The molecule has 0 radical (unpaired) electrons. The Morgan fingerprint density at radius 2 is 1.94 bits per heavy atom. The molecule has 0 saturated carbocycles. The van der Waals surface area contributed by atoms with Crippen molar-refractivity contribution in [3.05, 3.63) is 28.7 Å². The molecule has 18 heavy (non-hydrogen) atoms. The van der Waals surface area contributed by atoms with Crippen molar-refractivity contribution in [2.24, 2.45) is 5.92 Å². The summed E-state index contributed by atoms with van der Waals surface area (Å²) < 4.78 is 27.6. The molecule has 1 aliphatic rings. The summed E-state index contributed by atoms with van der Waals surface area (Å²) in [7, 11) is -3.39. The van der Waals surface area contributed by atoms with E-state index in [0.29, 0.717) is 21.8 Å². The molecule has 1 saturated heterocycles. The number of rotatable bonds is 2. The van der Waals surface area contributed by atoms with Gasteiger partial charge in [-0.15, -0.1) is 0 Å². The summed E-state index contributed by atoms with van der Waals surface area (Å²) >= 11 is 3.33. The number of hydrogen-bond donors (Lipinski definition) is 0. The largest absolute Gasteiger partial charge is 0.244 e. The Labute approximate surface area is 117 Å². The molecule has 2 unspecified atom stereocenters. The number of benzene rings is 1. The van der Waals surface area contributed by atoms with E-state index in [9.17, 15) is 8.42 Å². The van der Waals surface area contributed by atoms with Gasteiger partial charge in [0.2, 0.25) is 10.0 Å². The van der Waals surface area contributed by atoms with E-state index in [-0.39, 0.29) is 6.04 Å². The third-order valence-corrected chi connectivity index (χ3v) is 6.74. The van der Waals surface area contributed by atoms with Gasteiger partial charge >= 0.3 is 0 Å². The van der Waals surface area contributed by atoms with Gasteiger partial charge in [0.1, 0.15) is 0 Å². The second kappa shape index (κ2) is 5.31. The van der Waals surface area contributed by atoms with Gasteiger partial charge in [-0.25, -0.2) is 8.42 Å². The lowest BCUT2D eigenvalue weighted by atomic mass is 9.94. The van der Waals surface area contributed by atoms with Crippen LogP contribution >= 0.6 is 15.9 Å². The van der Waals surface area contributed by atoms with Crippen molar-refractivity contribution >= 4 is 26.0 Å². The van der Waals surface area contributed by atoms with Crippen LogP contribution in [-0.4, -0.2) is 25.3 Å². The minimum atomic E-state index is -3.39. The Kier molecular flexibility index (Phi) is 4.14. The number of nitrogens with zero attached hydrogens (tertiary/aromatic N) is 1. The fourth-order valence-corrected chi connectivity index (χ4v) is 5.15. The van der Waals surface area contributed by atoms with Crippen LogP contribution in [0.3, 0.4) is 0 Å². The van der Waals surface area contributed by atoms with E-state index in [1.54, 1.807) is 22.5 Å². The molecular weight excluding hydrogens is 314 g/mol. The Bertz CT molecular complexity index is 530. The van der Waals surface area contributed by atoms with Gasteiger partial charge in [0.15, 0.2) is 0 Å². The quantitative estimate of drug-likeness (QED) is 0.834. The summed E-state index contributed by atoms with van der Waals surface area (Å²) in [4.78, 5) is 0.367. The van der Waals surface area contributed by atoms with Crippen molar-refractivity contribution in [3.63, 3.8) is 0 Å². The highest BCUT2D eigenvalue weighted by Crippen LogP contribution is 2.31. The van der Waals surface area contributed by atoms with E-state index < -0.39 is 10.0 Å². The summed E-state index contributed by atoms with van der Waals surface area (Å²) in [5.74, 6) is 0.413. The second-order valence-corrected chi connectivity index (χ2v) is 7.62. The third kappa shape index (κ3) is 2.49. The first-order valence-electron chi connectivity index (χ1n) is 6.21. The van der Waals surface area contributed by atoms with Crippen LogP contribution in [0, 0.1) is 5.92 Å². The highest BCUT2D eigenvalue weighted by molar-refractivity contribution is 9.10. The lowest BCUT2D eigenvalue weighted by Crippen LogP contribution is -2.45. The van der Waals surface area contributed by atoms with Crippen LogP contribution in [0.15, 0.2) is 33.6 Å². The number of sulfonamides is 1. The van der Waals surface area contributed by atoms with Crippen molar-refractivity contribution in [3.8, 4) is 0 Å². The summed E-state index contributed by atoms with van der Waals surface area (Å²) in [5, 5.41) is 0. The van der Waals surface area contributed by atoms with E-state index in [0.717, 1.165) is 12.8 Å². The summed E-state index contributed by atoms with van der Waals surface area (Å²) in [6.45, 7) is 4.74. The number of halogens is 1. The molecule has 1 aromatic rings. The second-order valence-electron chi connectivity index (χ2n) is 4.91. The normalized spacial score (nSPS) is 26.2. The van der Waals surface area contributed by atoms with Crippen molar-refractivity contribution in [2.75, 3.05) is 6.54 Å². The molecule has 1 heterocycles. The van der Waals surface area contributed by atoms with Crippen LogP contribution in [0.1, 0.15) is 26.7 Å². The Morgan fingerprint density at radius 1 is 1.28 bits per heavy atom. The monoisotopic (exact) mass is 331 g/mol. The van der Waals surface area contributed by atoms with Crippen molar-refractivity contribution < 1.29 is 8.42 Å². The topological polar surface area (TPSA) is 37.4 Å². The van der Waals surface area contributed by atoms with Crippen LogP contribution in [0.4, 0.5) is 0 Å². The van der Waals surface area contributed by atoms with Crippen LogP contribution in [0.2, 0.25) is 0 Å². The van der Waals surface area contributed by atoms with Gasteiger partial charge in [-0.1, -0.05) is 19.1 Å². The smallest absolute Gasteiger partial charge is 0.207 e. The predicted molar refractivity (Wildman–Crippen MR) is 75.9 cm³/mol. The first kappa shape index (κ1) is 14.0. The van der Waals surface area contributed by atoms with Crippen LogP contribution in [-0.2, 0) is 10.0 Å². The molecule has 2 atom stereocenters. The first-order valence-corrected chi connectivity index (χ1v) is 8.44. The zero-order valence-electron chi connectivity index (χ0n) is 10.6. The van der Waals surface area contributed by atoms with Crippen molar-refractivity contribution in [1.82, 2.24) is 4.31 Å². The molecule has 2 rings (SSSR count). The van der Waals surface area contributed by atoms with Gasteiger partial charge in [-0.05, 0) is 53.7 Å². The molecule has 100 valence electrons. The number of piperidine rings is 1. The summed E-state index contributed by atoms with van der Waals surface area (Å²) in [5.41, 5.74) is 0. The molecule has 0 spiro atoms. The highest BCUT2D eigenvalue weighted by atomic mass is 79.9. The van der Waals surface area contributed by atoms with Crippen molar-refractivity contribution in [2.45, 2.75) is 37.6 Å². The molecule has 3 nitrogen and oxygen atoms in total. The van der Waals surface area contributed by atoms with Gasteiger partial charge in [0.05, 0.1) is 4.90 Å². The molecule has 0 amide bonds. The van der Waals surface area contributed by atoms with Crippen LogP contribution in [0.5, 0.6) is 0 Å². The van der Waals surface area contributed by atoms with Crippen molar-refractivity contribution in [1.29, 1.82) is 0 Å². The molecule has 1 aliphatic heterocycles. The van der Waals surface area contributed by atoms with Gasteiger partial charge in [0.25, 0.3) is 0 Å². The van der Waals surface area contributed by atoms with E-state index in [1.165, 1.54) is 0 Å².